The van der Waals surface area contributed by atoms with Gasteiger partial charge in [-0.05, 0) is 72.3 Å². The Hall–Kier alpha value is -1.15. The van der Waals surface area contributed by atoms with Gasteiger partial charge >= 0.3 is 5.97 Å². The Labute approximate surface area is 172 Å². The van der Waals surface area contributed by atoms with E-state index in [0.29, 0.717) is 5.56 Å². The van der Waals surface area contributed by atoms with Crippen LogP contribution in [0.25, 0.3) is 10.9 Å². The van der Waals surface area contributed by atoms with Crippen LogP contribution in [-0.2, 0) is 21.7 Å². The van der Waals surface area contributed by atoms with E-state index in [1.165, 1.54) is 0 Å². The van der Waals surface area contributed by atoms with Crippen molar-refractivity contribution in [2.24, 2.45) is 5.41 Å². The molecule has 0 aliphatic heterocycles. The van der Waals surface area contributed by atoms with Crippen LogP contribution in [0.5, 0.6) is 0 Å². The van der Waals surface area contributed by atoms with Gasteiger partial charge in [0, 0.05) is 27.4 Å². The van der Waals surface area contributed by atoms with Crippen molar-refractivity contribution in [3.05, 3.63) is 40.5 Å². The molecule has 0 aliphatic rings. The van der Waals surface area contributed by atoms with E-state index in [4.69, 9.17) is 0 Å². The van der Waals surface area contributed by atoms with Crippen molar-refractivity contribution in [1.82, 2.24) is 9.71 Å². The topological polar surface area (TPSA) is 85.3 Å². The van der Waals surface area contributed by atoms with E-state index in [2.05, 4.69) is 25.6 Å². The number of carboxylic acid groups (broad SMARTS) is 1. The van der Waals surface area contributed by atoms with Crippen molar-refractivity contribution in [3.63, 3.8) is 0 Å². The lowest BCUT2D eigenvalue weighted by Crippen LogP contribution is -2.57. The highest BCUT2D eigenvalue weighted by Gasteiger charge is 2.49. The van der Waals surface area contributed by atoms with Gasteiger partial charge in [-0.2, -0.15) is 0 Å². The summed E-state index contributed by atoms with van der Waals surface area (Å²) in [5.41, 5.74) is -0.450. The highest BCUT2D eigenvalue weighted by molar-refractivity contribution is 9.10. The van der Waals surface area contributed by atoms with Crippen LogP contribution in [0.3, 0.4) is 0 Å². The van der Waals surface area contributed by atoms with E-state index in [0.717, 1.165) is 15.4 Å². The lowest BCUT2D eigenvalue weighted by Gasteiger charge is -2.38. The third-order valence-corrected chi connectivity index (χ3v) is 6.20. The highest BCUT2D eigenvalue weighted by atomic mass is 79.9. The Balaban J connectivity index is 2.68. The largest absolute Gasteiger partial charge is 0.598 e. The Morgan fingerprint density at radius 1 is 1.22 bits per heavy atom. The SMILES string of the molecule is CC(C)(C)C[C@](N[S+]([O-])C(C)(C)C)(C(=O)O)c1ccc2ncc(Br)cc2c1. The van der Waals surface area contributed by atoms with Gasteiger partial charge in [-0.15, -0.1) is 4.72 Å². The zero-order valence-electron chi connectivity index (χ0n) is 16.6. The second-order valence-electron chi connectivity index (χ2n) is 8.99. The standard InChI is InChI=1S/C20H27BrN2O3S/c1-18(2,3)12-20(17(24)25,23-27(26)19(4,5)6)14-7-8-16-13(9-14)10-15(21)11-22-16/h7-11,23H,12H2,1-6H3,(H,24,25)/t20-,27?/m1/s1. The van der Waals surface area contributed by atoms with Gasteiger partial charge in [-0.3, -0.25) is 4.98 Å². The minimum absolute atomic E-state index is 0.282. The number of carboxylic acids is 1. The second-order valence-corrected chi connectivity index (χ2v) is 11.9. The molecule has 0 bridgehead atoms. The van der Waals surface area contributed by atoms with E-state index in [1.807, 2.05) is 53.7 Å². The summed E-state index contributed by atoms with van der Waals surface area (Å²) in [6.07, 6.45) is 1.98. The molecule has 0 spiro atoms. The molecule has 0 saturated heterocycles. The van der Waals surface area contributed by atoms with Crippen molar-refractivity contribution >= 4 is 44.2 Å². The molecule has 2 N–H and O–H groups in total. The summed E-state index contributed by atoms with van der Waals surface area (Å²) in [5, 5.41) is 11.1. The lowest BCUT2D eigenvalue weighted by molar-refractivity contribution is -0.146. The quantitative estimate of drug-likeness (QED) is 0.635. The first-order chi connectivity index (χ1) is 12.2. The summed E-state index contributed by atoms with van der Waals surface area (Å²) < 4.78 is 16.1. The predicted molar refractivity (Wildman–Crippen MR) is 114 cm³/mol. The second kappa shape index (κ2) is 7.70. The number of carbonyl (C=O) groups is 1. The molecular weight excluding hydrogens is 428 g/mol. The molecule has 1 unspecified atom stereocenters. The fourth-order valence-electron chi connectivity index (χ4n) is 2.92. The Morgan fingerprint density at radius 2 is 1.85 bits per heavy atom. The fraction of sp³-hybridized carbons (Fsp3) is 0.500. The molecule has 0 fully saturated rings. The maximum absolute atomic E-state index is 12.9. The average molecular weight is 455 g/mol. The Kier molecular flexibility index (Phi) is 6.31. The van der Waals surface area contributed by atoms with Crippen molar-refractivity contribution in [2.75, 3.05) is 0 Å². The van der Waals surface area contributed by atoms with Crippen LogP contribution in [0.1, 0.15) is 53.5 Å². The molecule has 148 valence electrons. The van der Waals surface area contributed by atoms with Gasteiger partial charge in [0.25, 0.3) is 0 Å². The molecule has 0 aliphatic carbocycles. The predicted octanol–water partition coefficient (Wildman–Crippen LogP) is 4.77. The van der Waals surface area contributed by atoms with Crippen LogP contribution in [0.4, 0.5) is 0 Å². The third kappa shape index (κ3) is 5.22. The number of nitrogens with one attached hydrogen (secondary N) is 1. The average Bonchev–Trinajstić information content (AvgIpc) is 2.50. The number of nitrogens with zero attached hydrogens (tertiary/aromatic N) is 1. The third-order valence-electron chi connectivity index (χ3n) is 4.12. The van der Waals surface area contributed by atoms with Crippen molar-refractivity contribution < 1.29 is 14.5 Å². The van der Waals surface area contributed by atoms with Gasteiger partial charge in [0.05, 0.1) is 5.52 Å². The summed E-state index contributed by atoms with van der Waals surface area (Å²) in [4.78, 5) is 16.9. The number of hydrogen-bond acceptors (Lipinski definition) is 4. The van der Waals surface area contributed by atoms with Crippen LogP contribution in [-0.4, -0.2) is 25.4 Å². The molecule has 2 atom stereocenters. The van der Waals surface area contributed by atoms with Crippen LogP contribution in [0.2, 0.25) is 0 Å². The number of aliphatic carboxylic acids is 1. The highest BCUT2D eigenvalue weighted by Crippen LogP contribution is 2.38. The van der Waals surface area contributed by atoms with Gasteiger partial charge in [-0.25, -0.2) is 4.79 Å². The minimum atomic E-state index is -1.56. The normalized spacial score (nSPS) is 16.1. The van der Waals surface area contributed by atoms with Crippen molar-refractivity contribution in [1.29, 1.82) is 0 Å². The van der Waals surface area contributed by atoms with E-state index < -0.39 is 27.6 Å². The number of rotatable bonds is 5. The molecule has 7 heteroatoms. The summed E-state index contributed by atoms with van der Waals surface area (Å²) in [6.45, 7) is 11.4. The smallest absolute Gasteiger partial charge is 0.333 e. The van der Waals surface area contributed by atoms with Gasteiger partial charge in [-0.1, -0.05) is 26.8 Å². The number of pyridine rings is 1. The van der Waals surface area contributed by atoms with Crippen molar-refractivity contribution in [2.45, 2.75) is 58.2 Å². The van der Waals surface area contributed by atoms with E-state index in [-0.39, 0.29) is 11.8 Å². The fourth-order valence-corrected chi connectivity index (χ4v) is 4.17. The number of halogens is 1. The van der Waals surface area contributed by atoms with Gasteiger partial charge in [0.2, 0.25) is 0 Å². The minimum Gasteiger partial charge on any atom is -0.598 e. The summed E-state index contributed by atoms with van der Waals surface area (Å²) >= 11 is 1.85. The number of aromatic nitrogens is 1. The summed E-state index contributed by atoms with van der Waals surface area (Å²) in [7, 11) is 0. The monoisotopic (exact) mass is 454 g/mol. The first kappa shape index (κ1) is 22.1. The van der Waals surface area contributed by atoms with E-state index >= 15 is 0 Å². The van der Waals surface area contributed by atoms with Crippen LogP contribution in [0, 0.1) is 5.41 Å². The molecule has 1 aromatic carbocycles. The Morgan fingerprint density at radius 3 is 2.37 bits per heavy atom. The molecule has 1 aromatic heterocycles. The maximum atomic E-state index is 12.9. The van der Waals surface area contributed by atoms with Crippen LogP contribution < -0.4 is 4.72 Å². The van der Waals surface area contributed by atoms with E-state index in [1.54, 1.807) is 18.3 Å². The zero-order valence-corrected chi connectivity index (χ0v) is 19.0. The van der Waals surface area contributed by atoms with Crippen LogP contribution >= 0.6 is 15.9 Å². The molecule has 5 nitrogen and oxygen atoms in total. The van der Waals surface area contributed by atoms with Crippen LogP contribution in [0.15, 0.2) is 34.9 Å². The first-order valence-electron chi connectivity index (χ1n) is 8.73. The summed E-state index contributed by atoms with van der Waals surface area (Å²) in [5.74, 6) is -1.04. The number of benzene rings is 1. The molecule has 0 saturated carbocycles. The van der Waals surface area contributed by atoms with Gasteiger partial charge in [0.1, 0.15) is 4.75 Å². The maximum Gasteiger partial charge on any atom is 0.333 e. The molecular formula is C20H27BrN2O3S. The van der Waals surface area contributed by atoms with Gasteiger partial charge in [0.15, 0.2) is 5.54 Å². The van der Waals surface area contributed by atoms with E-state index in [9.17, 15) is 14.5 Å². The van der Waals surface area contributed by atoms with Crippen molar-refractivity contribution in [3.8, 4) is 0 Å². The molecule has 1 heterocycles. The lowest BCUT2D eigenvalue weighted by atomic mass is 9.76. The first-order valence-corrected chi connectivity index (χ1v) is 10.7. The number of hydrogen-bond donors (Lipinski definition) is 2. The zero-order chi connectivity index (χ0) is 20.6. The molecule has 0 radical (unpaired) electrons. The summed E-state index contributed by atoms with van der Waals surface area (Å²) in [6, 6.07) is 7.28. The molecule has 2 aromatic rings. The molecule has 27 heavy (non-hydrogen) atoms. The Bertz CT molecular complexity index is 845. The number of fused-ring (bicyclic) bond motifs is 1. The van der Waals surface area contributed by atoms with Gasteiger partial charge < -0.3 is 9.66 Å². The molecule has 0 amide bonds. The molecule has 2 rings (SSSR count).